The molecule has 1 N–H and O–H groups in total. The van der Waals surface area contributed by atoms with Gasteiger partial charge >= 0.3 is 0 Å². The maximum atomic E-state index is 12.5. The van der Waals surface area contributed by atoms with E-state index < -0.39 is 0 Å². The molecule has 4 nitrogen and oxygen atoms in total. The molecule has 0 radical (unpaired) electrons. The number of fused-ring (bicyclic) bond motifs is 1. The quantitative estimate of drug-likeness (QED) is 0.873. The number of carbonyl (C=O) groups excluding carboxylic acids is 1. The molecule has 1 unspecified atom stereocenters. The molecule has 1 amide bonds. The number of halogens is 1. The molecule has 1 atom stereocenters. The molecule has 0 bridgehead atoms. The molecule has 108 valence electrons. The van der Waals surface area contributed by atoms with Gasteiger partial charge in [0.05, 0.1) is 16.1 Å². The number of aromatic nitrogens is 2. The molecule has 0 saturated carbocycles. The van der Waals surface area contributed by atoms with Crippen molar-refractivity contribution in [3.63, 3.8) is 0 Å². The summed E-state index contributed by atoms with van der Waals surface area (Å²) in [7, 11) is 0. The van der Waals surface area contributed by atoms with Gasteiger partial charge in [0.1, 0.15) is 6.04 Å². The number of nitrogens with one attached hydrogen (secondary N) is 1. The van der Waals surface area contributed by atoms with Crippen molar-refractivity contribution in [1.82, 2.24) is 14.5 Å². The lowest BCUT2D eigenvalue weighted by Crippen LogP contribution is -2.36. The maximum Gasteiger partial charge on any atom is 0.245 e. The Balaban J connectivity index is 2.55. The lowest BCUT2D eigenvalue weighted by Gasteiger charge is -2.24. The van der Waals surface area contributed by atoms with E-state index in [2.05, 4.69) is 4.98 Å². The van der Waals surface area contributed by atoms with Gasteiger partial charge in [-0.2, -0.15) is 0 Å². The molecule has 1 aromatic carbocycles. The Bertz CT molecular complexity index is 687. The summed E-state index contributed by atoms with van der Waals surface area (Å²) in [6, 6.07) is 5.19. The minimum absolute atomic E-state index is 0.0481. The predicted molar refractivity (Wildman–Crippen MR) is 84.8 cm³/mol. The van der Waals surface area contributed by atoms with Crippen molar-refractivity contribution in [3.05, 3.63) is 28.0 Å². The molecule has 6 heteroatoms. The van der Waals surface area contributed by atoms with Crippen LogP contribution in [0.15, 0.2) is 18.2 Å². The molecular weight excluding hydrogens is 294 g/mol. The topological polar surface area (TPSA) is 41.0 Å². The van der Waals surface area contributed by atoms with Gasteiger partial charge in [0.15, 0.2) is 4.77 Å². The van der Waals surface area contributed by atoms with E-state index in [1.165, 1.54) is 0 Å². The maximum absolute atomic E-state index is 12.5. The van der Waals surface area contributed by atoms with E-state index in [0.29, 0.717) is 22.9 Å². The van der Waals surface area contributed by atoms with Gasteiger partial charge in [-0.15, -0.1) is 0 Å². The lowest BCUT2D eigenvalue weighted by atomic mass is 10.2. The highest BCUT2D eigenvalue weighted by atomic mass is 35.5. The number of H-pyrrole nitrogens is 1. The SMILES string of the molecule is CCN(CC)C(=O)C(C)n1c(=S)[nH]c2cccc(Cl)c21. The van der Waals surface area contributed by atoms with Crippen LogP contribution >= 0.6 is 23.8 Å². The molecule has 0 aliphatic carbocycles. The number of carbonyl (C=O) groups is 1. The predicted octanol–water partition coefficient (Wildman–Crippen LogP) is 3.78. The Kier molecular flexibility index (Phi) is 4.50. The highest BCUT2D eigenvalue weighted by Gasteiger charge is 2.23. The molecule has 1 heterocycles. The number of aromatic amines is 1. The zero-order chi connectivity index (χ0) is 14.9. The van der Waals surface area contributed by atoms with E-state index in [1.807, 2.05) is 32.9 Å². The van der Waals surface area contributed by atoms with Crippen LogP contribution in [0.1, 0.15) is 26.8 Å². The summed E-state index contributed by atoms with van der Waals surface area (Å²) in [5, 5.41) is 0.592. The molecule has 0 aliphatic heterocycles. The van der Waals surface area contributed by atoms with Gasteiger partial charge in [-0.25, -0.2) is 0 Å². The summed E-state index contributed by atoms with van der Waals surface area (Å²) in [4.78, 5) is 17.4. The van der Waals surface area contributed by atoms with Gasteiger partial charge in [0, 0.05) is 13.1 Å². The van der Waals surface area contributed by atoms with Gasteiger partial charge in [0.2, 0.25) is 5.91 Å². The third kappa shape index (κ3) is 2.47. The smallest absolute Gasteiger partial charge is 0.245 e. The standard InChI is InChI=1S/C14H18ClN3OS/c1-4-17(5-2)13(19)9(3)18-12-10(15)7-6-8-11(12)16-14(18)20/h6-9H,4-5H2,1-3H3,(H,16,20). The van der Waals surface area contributed by atoms with Gasteiger partial charge in [-0.1, -0.05) is 17.7 Å². The Morgan fingerprint density at radius 3 is 2.70 bits per heavy atom. The van der Waals surface area contributed by atoms with Crippen LogP contribution in [0.25, 0.3) is 11.0 Å². The molecule has 20 heavy (non-hydrogen) atoms. The van der Waals surface area contributed by atoms with Crippen LogP contribution in [0.4, 0.5) is 0 Å². The van der Waals surface area contributed by atoms with Crippen molar-refractivity contribution in [2.45, 2.75) is 26.8 Å². The van der Waals surface area contributed by atoms with Crippen molar-refractivity contribution < 1.29 is 4.79 Å². The zero-order valence-corrected chi connectivity index (χ0v) is 13.4. The number of rotatable bonds is 4. The van der Waals surface area contributed by atoms with Crippen LogP contribution < -0.4 is 0 Å². The summed E-state index contributed by atoms with van der Waals surface area (Å²) in [6.45, 7) is 7.16. The van der Waals surface area contributed by atoms with E-state index >= 15 is 0 Å². The average molecular weight is 312 g/mol. The highest BCUT2D eigenvalue weighted by Crippen LogP contribution is 2.27. The zero-order valence-electron chi connectivity index (χ0n) is 11.8. The second-order valence-corrected chi connectivity index (χ2v) is 5.42. The average Bonchev–Trinajstić information content (AvgIpc) is 2.76. The Hall–Kier alpha value is -1.33. The monoisotopic (exact) mass is 311 g/mol. The van der Waals surface area contributed by atoms with Crippen LogP contribution in [-0.2, 0) is 4.79 Å². The van der Waals surface area contributed by atoms with Gasteiger partial charge in [-0.3, -0.25) is 4.79 Å². The lowest BCUT2D eigenvalue weighted by molar-refractivity contribution is -0.133. The van der Waals surface area contributed by atoms with Gasteiger partial charge in [-0.05, 0) is 45.1 Å². The van der Waals surface area contributed by atoms with E-state index in [9.17, 15) is 4.79 Å². The van der Waals surface area contributed by atoms with E-state index in [-0.39, 0.29) is 11.9 Å². The minimum atomic E-state index is -0.379. The Morgan fingerprint density at radius 2 is 2.10 bits per heavy atom. The molecule has 2 aromatic rings. The van der Waals surface area contributed by atoms with Crippen LogP contribution in [0.2, 0.25) is 5.02 Å². The number of nitrogens with zero attached hydrogens (tertiary/aromatic N) is 2. The first-order valence-electron chi connectivity index (χ1n) is 6.68. The van der Waals surface area contributed by atoms with Crippen molar-refractivity contribution in [2.24, 2.45) is 0 Å². The summed E-state index contributed by atoms with van der Waals surface area (Å²) in [5.41, 5.74) is 1.63. The second-order valence-electron chi connectivity index (χ2n) is 4.62. The fraction of sp³-hybridized carbons (Fsp3) is 0.429. The number of hydrogen-bond acceptors (Lipinski definition) is 2. The van der Waals surface area contributed by atoms with E-state index in [1.54, 1.807) is 15.5 Å². The van der Waals surface area contributed by atoms with Crippen LogP contribution in [0, 0.1) is 4.77 Å². The summed E-state index contributed by atoms with van der Waals surface area (Å²) >= 11 is 11.6. The summed E-state index contributed by atoms with van der Waals surface area (Å²) < 4.78 is 2.31. The minimum Gasteiger partial charge on any atom is -0.341 e. The van der Waals surface area contributed by atoms with Crippen molar-refractivity contribution in [2.75, 3.05) is 13.1 Å². The van der Waals surface area contributed by atoms with Crippen LogP contribution in [0.5, 0.6) is 0 Å². The highest BCUT2D eigenvalue weighted by molar-refractivity contribution is 7.71. The summed E-state index contributed by atoms with van der Waals surface area (Å²) in [6.07, 6.45) is 0. The van der Waals surface area contributed by atoms with Gasteiger partial charge in [0.25, 0.3) is 0 Å². The third-order valence-corrected chi connectivity index (χ3v) is 4.11. The van der Waals surface area contributed by atoms with Gasteiger partial charge < -0.3 is 14.5 Å². The van der Waals surface area contributed by atoms with Crippen molar-refractivity contribution in [3.8, 4) is 0 Å². The number of amides is 1. The molecule has 1 aromatic heterocycles. The number of imidazole rings is 1. The fourth-order valence-corrected chi connectivity index (χ4v) is 3.04. The van der Waals surface area contributed by atoms with Crippen molar-refractivity contribution in [1.29, 1.82) is 0 Å². The van der Waals surface area contributed by atoms with Crippen LogP contribution in [-0.4, -0.2) is 33.4 Å². The molecule has 0 fully saturated rings. The number of para-hydroxylation sites is 1. The molecular formula is C14H18ClN3OS. The third-order valence-electron chi connectivity index (χ3n) is 3.51. The Morgan fingerprint density at radius 1 is 1.45 bits per heavy atom. The fourth-order valence-electron chi connectivity index (χ4n) is 2.42. The first-order chi connectivity index (χ1) is 9.51. The molecule has 2 rings (SSSR count). The van der Waals surface area contributed by atoms with E-state index in [0.717, 1.165) is 11.0 Å². The molecule has 0 aliphatic rings. The number of likely N-dealkylation sites (N-methyl/N-ethyl adjacent to an activating group) is 1. The first kappa shape index (κ1) is 15.1. The van der Waals surface area contributed by atoms with Crippen molar-refractivity contribution >= 4 is 40.8 Å². The first-order valence-corrected chi connectivity index (χ1v) is 7.47. The number of benzene rings is 1. The van der Waals surface area contributed by atoms with E-state index in [4.69, 9.17) is 23.8 Å². The number of hydrogen-bond donors (Lipinski definition) is 1. The largest absolute Gasteiger partial charge is 0.341 e. The Labute approximate surface area is 128 Å². The van der Waals surface area contributed by atoms with Crippen LogP contribution in [0.3, 0.4) is 0 Å². The molecule has 0 saturated heterocycles. The normalized spacial score (nSPS) is 12.6. The molecule has 0 spiro atoms. The second kappa shape index (κ2) is 5.97. The summed E-state index contributed by atoms with van der Waals surface area (Å²) in [5.74, 6) is 0.0481.